The monoisotopic (exact) mass is 430 g/mol. The Bertz CT molecular complexity index is 1250. The highest BCUT2D eigenvalue weighted by Gasteiger charge is 2.30. The fourth-order valence-electron chi connectivity index (χ4n) is 3.01. The first-order valence-corrected chi connectivity index (χ1v) is 8.92. The van der Waals surface area contributed by atoms with E-state index in [0.717, 1.165) is 18.2 Å². The molecule has 0 atom stereocenters. The molecule has 4 aromatic rings. The van der Waals surface area contributed by atoms with E-state index in [1.807, 2.05) is 0 Å². The summed E-state index contributed by atoms with van der Waals surface area (Å²) in [5.74, 6) is -1.21. The Hall–Kier alpha value is -4.02. The van der Waals surface area contributed by atoms with Crippen LogP contribution in [0.25, 0.3) is 11.4 Å². The van der Waals surface area contributed by atoms with Crippen molar-refractivity contribution in [2.24, 2.45) is 0 Å². The number of benzene rings is 2. The smallest absolute Gasteiger partial charge is 0.322 e. The first-order chi connectivity index (χ1) is 14.7. The van der Waals surface area contributed by atoms with Gasteiger partial charge in [0.25, 0.3) is 5.91 Å². The van der Waals surface area contributed by atoms with Gasteiger partial charge >= 0.3 is 6.18 Å². The lowest BCUT2D eigenvalue weighted by Gasteiger charge is -2.10. The van der Waals surface area contributed by atoms with Crippen molar-refractivity contribution in [2.45, 2.75) is 13.1 Å². The summed E-state index contributed by atoms with van der Waals surface area (Å²) in [5, 5.41) is 10.4. The van der Waals surface area contributed by atoms with Crippen LogP contribution in [0.2, 0.25) is 0 Å². The summed E-state index contributed by atoms with van der Waals surface area (Å²) in [7, 11) is 0. The lowest BCUT2D eigenvalue weighted by atomic mass is 10.2. The van der Waals surface area contributed by atoms with Crippen LogP contribution in [0.3, 0.4) is 0 Å². The van der Waals surface area contributed by atoms with Crippen LogP contribution in [0, 0.1) is 12.7 Å². The van der Waals surface area contributed by atoms with Gasteiger partial charge < -0.3 is 5.32 Å². The minimum atomic E-state index is -4.50. The van der Waals surface area contributed by atoms with Crippen molar-refractivity contribution in [1.29, 1.82) is 0 Å². The molecule has 0 radical (unpaired) electrons. The lowest BCUT2D eigenvalue weighted by Crippen LogP contribution is -2.14. The lowest BCUT2D eigenvalue weighted by molar-refractivity contribution is -0.137. The fraction of sp³-hybridized carbons (Fsp3) is 0.100. The minimum absolute atomic E-state index is 0.137. The van der Waals surface area contributed by atoms with E-state index in [9.17, 15) is 22.4 Å². The van der Waals surface area contributed by atoms with Gasteiger partial charge in [0, 0.05) is 5.69 Å². The molecule has 4 rings (SSSR count). The third-order valence-electron chi connectivity index (χ3n) is 4.54. The Balaban J connectivity index is 1.57. The molecule has 11 heteroatoms. The second-order valence-corrected chi connectivity index (χ2v) is 6.56. The van der Waals surface area contributed by atoms with Crippen molar-refractivity contribution in [3.8, 4) is 11.4 Å². The van der Waals surface area contributed by atoms with Crippen molar-refractivity contribution in [1.82, 2.24) is 24.5 Å². The largest absolute Gasteiger partial charge is 0.416 e. The van der Waals surface area contributed by atoms with Gasteiger partial charge in [-0.15, -0.1) is 0 Å². The highest BCUT2D eigenvalue weighted by atomic mass is 19.4. The highest BCUT2D eigenvalue weighted by Crippen LogP contribution is 2.30. The van der Waals surface area contributed by atoms with E-state index in [4.69, 9.17) is 0 Å². The second kappa shape index (κ2) is 7.67. The number of alkyl halides is 3. The molecule has 31 heavy (non-hydrogen) atoms. The molecule has 2 aromatic heterocycles. The van der Waals surface area contributed by atoms with E-state index >= 15 is 0 Å². The van der Waals surface area contributed by atoms with Gasteiger partial charge in [0.05, 0.1) is 28.7 Å². The number of carbonyl (C=O) groups excluding carboxylic acids is 1. The van der Waals surface area contributed by atoms with Gasteiger partial charge in [-0.1, -0.05) is 6.07 Å². The zero-order valence-corrected chi connectivity index (χ0v) is 15.9. The molecule has 1 amide bonds. The Morgan fingerprint density at radius 2 is 1.90 bits per heavy atom. The van der Waals surface area contributed by atoms with Crippen molar-refractivity contribution in [2.75, 3.05) is 5.32 Å². The molecular formula is C20H14F4N6O. The quantitative estimate of drug-likeness (QED) is 0.493. The number of hydrogen-bond acceptors (Lipinski definition) is 4. The molecule has 0 aliphatic rings. The van der Waals surface area contributed by atoms with Gasteiger partial charge in [0.1, 0.15) is 18.3 Å². The molecule has 2 aromatic carbocycles. The molecule has 0 bridgehead atoms. The van der Waals surface area contributed by atoms with E-state index in [1.165, 1.54) is 52.5 Å². The number of amides is 1. The van der Waals surface area contributed by atoms with E-state index < -0.39 is 23.5 Å². The molecule has 158 valence electrons. The van der Waals surface area contributed by atoms with Crippen molar-refractivity contribution < 1.29 is 22.4 Å². The Morgan fingerprint density at radius 3 is 2.58 bits per heavy atom. The van der Waals surface area contributed by atoms with E-state index in [-0.39, 0.29) is 22.6 Å². The van der Waals surface area contributed by atoms with Gasteiger partial charge in [-0.25, -0.2) is 18.7 Å². The third kappa shape index (κ3) is 4.02. The molecule has 1 N–H and O–H groups in total. The molecular weight excluding hydrogens is 416 g/mol. The maximum atomic E-state index is 14.4. The molecule has 0 aliphatic carbocycles. The number of anilines is 1. The zero-order valence-electron chi connectivity index (χ0n) is 15.9. The number of aromatic nitrogens is 5. The number of nitrogens with zero attached hydrogens (tertiary/aromatic N) is 5. The minimum Gasteiger partial charge on any atom is -0.322 e. The van der Waals surface area contributed by atoms with Gasteiger partial charge in [-0.2, -0.15) is 23.4 Å². The van der Waals surface area contributed by atoms with Crippen molar-refractivity contribution in [3.05, 3.63) is 84.0 Å². The summed E-state index contributed by atoms with van der Waals surface area (Å²) in [6.07, 6.45) is -0.660. The number of nitrogens with one attached hydrogen (secondary N) is 1. The first kappa shape index (κ1) is 20.3. The van der Waals surface area contributed by atoms with Gasteiger partial charge in [0.2, 0.25) is 0 Å². The fourth-order valence-corrected chi connectivity index (χ4v) is 3.01. The third-order valence-corrected chi connectivity index (χ3v) is 4.54. The van der Waals surface area contributed by atoms with Crippen LogP contribution in [0.1, 0.15) is 21.6 Å². The Labute approximate surface area is 173 Å². The van der Waals surface area contributed by atoms with Crippen LogP contribution in [-0.4, -0.2) is 30.5 Å². The predicted molar refractivity (Wildman–Crippen MR) is 103 cm³/mol. The summed E-state index contributed by atoms with van der Waals surface area (Å²) < 4.78 is 55.8. The van der Waals surface area contributed by atoms with Crippen LogP contribution >= 0.6 is 0 Å². The number of rotatable bonds is 4. The number of carbonyl (C=O) groups is 1. The normalized spacial score (nSPS) is 11.5. The zero-order chi connectivity index (χ0) is 22.2. The number of halogens is 4. The SMILES string of the molecule is Cc1c(C(=O)Nc2ccc(-n3cncn3)c(F)c2)cnn1-c1cccc(C(F)(F)F)c1. The topological polar surface area (TPSA) is 77.6 Å². The van der Waals surface area contributed by atoms with Crippen LogP contribution in [0.15, 0.2) is 61.3 Å². The van der Waals surface area contributed by atoms with E-state index in [0.29, 0.717) is 5.69 Å². The van der Waals surface area contributed by atoms with Crippen LogP contribution in [0.5, 0.6) is 0 Å². The van der Waals surface area contributed by atoms with Gasteiger partial charge in [0.15, 0.2) is 5.82 Å². The summed E-state index contributed by atoms with van der Waals surface area (Å²) in [6, 6.07) is 8.66. The van der Waals surface area contributed by atoms with Gasteiger partial charge in [-0.3, -0.25) is 4.79 Å². The Kier molecular flexibility index (Phi) is 5.01. The van der Waals surface area contributed by atoms with Crippen LogP contribution < -0.4 is 5.32 Å². The molecule has 0 spiro atoms. The van der Waals surface area contributed by atoms with Crippen LogP contribution in [0.4, 0.5) is 23.2 Å². The molecule has 0 saturated heterocycles. The standard InChI is InChI=1S/C20H14F4N6O/c1-12-16(9-26-30(12)15-4-2-3-13(7-15)20(22,23)24)19(31)28-14-5-6-18(17(21)8-14)29-11-25-10-27-29/h2-11H,1H3,(H,28,31). The number of hydrogen-bond donors (Lipinski definition) is 1. The molecule has 0 aliphatic heterocycles. The average Bonchev–Trinajstić information content (AvgIpc) is 3.37. The maximum Gasteiger partial charge on any atom is 0.416 e. The predicted octanol–water partition coefficient (Wildman–Crippen LogP) is 4.17. The Morgan fingerprint density at radius 1 is 1.10 bits per heavy atom. The van der Waals surface area contributed by atoms with Crippen molar-refractivity contribution in [3.63, 3.8) is 0 Å². The molecule has 2 heterocycles. The summed E-state index contributed by atoms with van der Waals surface area (Å²) in [4.78, 5) is 16.4. The molecule has 0 unspecified atom stereocenters. The molecule has 7 nitrogen and oxygen atoms in total. The van der Waals surface area contributed by atoms with Gasteiger partial charge in [-0.05, 0) is 43.3 Å². The highest BCUT2D eigenvalue weighted by molar-refractivity contribution is 6.05. The summed E-state index contributed by atoms with van der Waals surface area (Å²) in [6.45, 7) is 1.55. The average molecular weight is 430 g/mol. The molecule has 0 saturated carbocycles. The summed E-state index contributed by atoms with van der Waals surface area (Å²) in [5.41, 5.74) is 0.153. The first-order valence-electron chi connectivity index (χ1n) is 8.92. The molecule has 0 fully saturated rings. The van der Waals surface area contributed by atoms with Crippen LogP contribution in [-0.2, 0) is 6.18 Å². The van der Waals surface area contributed by atoms with E-state index in [2.05, 4.69) is 20.5 Å². The second-order valence-electron chi connectivity index (χ2n) is 6.56. The van der Waals surface area contributed by atoms with Crippen molar-refractivity contribution >= 4 is 11.6 Å². The summed E-state index contributed by atoms with van der Waals surface area (Å²) >= 11 is 0. The van der Waals surface area contributed by atoms with E-state index in [1.54, 1.807) is 6.92 Å². The maximum absolute atomic E-state index is 14.4.